The smallest absolute Gasteiger partial charge is 0.354 e. The number of nitrogens with one attached hydrogen (secondary N) is 1. The lowest BCUT2D eigenvalue weighted by molar-refractivity contribution is 0.0690. The number of carbonyl (C=O) groups is 1. The normalized spacial score (nSPS) is 12.8. The molecule has 1 rings (SSSR count). The van der Waals surface area contributed by atoms with Gasteiger partial charge in [-0.15, -0.1) is 0 Å². The molecule has 0 aliphatic heterocycles. The number of hydrogen-bond acceptors (Lipinski definition) is 5. The lowest BCUT2D eigenvalue weighted by atomic mass is 10.0. The van der Waals surface area contributed by atoms with Crippen molar-refractivity contribution in [1.29, 1.82) is 0 Å². The number of rotatable bonds is 6. The van der Waals surface area contributed by atoms with Crippen LogP contribution in [0.25, 0.3) is 0 Å². The Morgan fingerprint density at radius 1 is 1.50 bits per heavy atom. The fourth-order valence-corrected chi connectivity index (χ4v) is 1.53. The third kappa shape index (κ3) is 4.29. The minimum Gasteiger partial charge on any atom is -0.477 e. The van der Waals surface area contributed by atoms with Gasteiger partial charge in [-0.25, -0.2) is 14.8 Å². The van der Waals surface area contributed by atoms with Crippen molar-refractivity contribution < 1.29 is 9.90 Å². The van der Waals surface area contributed by atoms with Crippen LogP contribution < -0.4 is 5.32 Å². The van der Waals surface area contributed by atoms with Gasteiger partial charge in [-0.1, -0.05) is 13.8 Å². The summed E-state index contributed by atoms with van der Waals surface area (Å²) in [4.78, 5) is 20.9. The van der Waals surface area contributed by atoms with Crippen LogP contribution in [0.1, 0.15) is 24.3 Å². The average molecular weight is 252 g/mol. The van der Waals surface area contributed by atoms with Crippen molar-refractivity contribution in [3.8, 4) is 0 Å². The van der Waals surface area contributed by atoms with Gasteiger partial charge in [-0.2, -0.15) is 0 Å². The summed E-state index contributed by atoms with van der Waals surface area (Å²) < 4.78 is 0. The third-order valence-electron chi connectivity index (χ3n) is 2.56. The van der Waals surface area contributed by atoms with E-state index in [0.29, 0.717) is 11.9 Å². The Bertz CT molecular complexity index is 407. The first-order valence-corrected chi connectivity index (χ1v) is 5.87. The Morgan fingerprint density at radius 2 is 2.17 bits per heavy atom. The van der Waals surface area contributed by atoms with Crippen LogP contribution in [0.4, 0.5) is 5.95 Å². The van der Waals surface area contributed by atoms with Crippen LogP contribution in [0.15, 0.2) is 12.3 Å². The zero-order valence-corrected chi connectivity index (χ0v) is 11.2. The van der Waals surface area contributed by atoms with Crippen LogP contribution in [-0.2, 0) is 0 Å². The topological polar surface area (TPSA) is 78.4 Å². The van der Waals surface area contributed by atoms with Crippen LogP contribution in [0.3, 0.4) is 0 Å². The predicted octanol–water partition coefficient (Wildman–Crippen LogP) is 1.17. The molecule has 0 aliphatic carbocycles. The molecular formula is C12H20N4O2. The van der Waals surface area contributed by atoms with Crippen molar-refractivity contribution in [3.05, 3.63) is 18.0 Å². The average Bonchev–Trinajstić information content (AvgIpc) is 2.27. The van der Waals surface area contributed by atoms with Crippen LogP contribution in [0.2, 0.25) is 0 Å². The molecule has 6 heteroatoms. The van der Waals surface area contributed by atoms with Crippen LogP contribution in [0.5, 0.6) is 0 Å². The van der Waals surface area contributed by atoms with Crippen LogP contribution >= 0.6 is 0 Å². The van der Waals surface area contributed by atoms with E-state index in [0.717, 1.165) is 6.54 Å². The summed E-state index contributed by atoms with van der Waals surface area (Å²) in [6.45, 7) is 5.03. The molecule has 0 amide bonds. The number of carboxylic acid groups (broad SMARTS) is 1. The Morgan fingerprint density at radius 3 is 2.67 bits per heavy atom. The summed E-state index contributed by atoms with van der Waals surface area (Å²) in [5, 5.41) is 12.0. The number of likely N-dealkylation sites (N-methyl/N-ethyl adjacent to an activating group) is 1. The Kier molecular flexibility index (Phi) is 5.03. The van der Waals surface area contributed by atoms with E-state index < -0.39 is 5.97 Å². The molecule has 0 saturated carbocycles. The monoisotopic (exact) mass is 252 g/mol. The molecule has 2 N–H and O–H groups in total. The number of anilines is 1. The van der Waals surface area contributed by atoms with Crippen LogP contribution in [-0.4, -0.2) is 52.6 Å². The highest BCUT2D eigenvalue weighted by atomic mass is 16.4. The quantitative estimate of drug-likeness (QED) is 0.791. The summed E-state index contributed by atoms with van der Waals surface area (Å²) in [5.74, 6) is -0.297. The maximum Gasteiger partial charge on any atom is 0.354 e. The standard InChI is InChI=1S/C12H20N4O2/c1-8(2)10(7-16(3)4)15-12-13-6-5-9(14-12)11(17)18/h5-6,8,10H,7H2,1-4H3,(H,17,18)(H,13,14,15). The Labute approximate surface area is 107 Å². The van der Waals surface area contributed by atoms with E-state index in [2.05, 4.69) is 34.0 Å². The molecule has 0 radical (unpaired) electrons. The summed E-state index contributed by atoms with van der Waals surface area (Å²) in [5.41, 5.74) is -0.000130. The van der Waals surface area contributed by atoms with Gasteiger partial charge in [-0.05, 0) is 26.1 Å². The van der Waals surface area contributed by atoms with Gasteiger partial charge in [-0.3, -0.25) is 0 Å². The lowest BCUT2D eigenvalue weighted by Crippen LogP contribution is -2.37. The second-order valence-electron chi connectivity index (χ2n) is 4.83. The molecule has 6 nitrogen and oxygen atoms in total. The van der Waals surface area contributed by atoms with Crippen molar-refractivity contribution in [2.45, 2.75) is 19.9 Å². The maximum absolute atomic E-state index is 10.8. The molecule has 0 bridgehead atoms. The van der Waals surface area contributed by atoms with Gasteiger partial charge >= 0.3 is 5.97 Å². The van der Waals surface area contributed by atoms with Crippen molar-refractivity contribution in [2.75, 3.05) is 26.0 Å². The molecular weight excluding hydrogens is 232 g/mol. The van der Waals surface area contributed by atoms with Gasteiger partial charge in [0.15, 0.2) is 5.69 Å². The fourth-order valence-electron chi connectivity index (χ4n) is 1.53. The van der Waals surface area contributed by atoms with E-state index in [4.69, 9.17) is 5.11 Å². The SMILES string of the molecule is CC(C)C(CN(C)C)Nc1nccc(C(=O)O)n1. The molecule has 0 fully saturated rings. The molecule has 1 atom stereocenters. The van der Waals surface area contributed by atoms with Crippen molar-refractivity contribution in [1.82, 2.24) is 14.9 Å². The van der Waals surface area contributed by atoms with Gasteiger partial charge in [0.2, 0.25) is 5.95 Å². The molecule has 0 saturated heterocycles. The van der Waals surface area contributed by atoms with Gasteiger partial charge < -0.3 is 15.3 Å². The molecule has 0 aliphatic rings. The number of aromatic nitrogens is 2. The van der Waals surface area contributed by atoms with E-state index in [-0.39, 0.29) is 11.7 Å². The minimum atomic E-state index is -1.05. The molecule has 0 spiro atoms. The van der Waals surface area contributed by atoms with Gasteiger partial charge in [0.1, 0.15) is 0 Å². The largest absolute Gasteiger partial charge is 0.477 e. The zero-order chi connectivity index (χ0) is 13.7. The Hall–Kier alpha value is -1.69. The number of aromatic carboxylic acids is 1. The number of hydrogen-bond donors (Lipinski definition) is 2. The third-order valence-corrected chi connectivity index (χ3v) is 2.56. The van der Waals surface area contributed by atoms with E-state index in [1.165, 1.54) is 12.3 Å². The second-order valence-corrected chi connectivity index (χ2v) is 4.83. The first kappa shape index (κ1) is 14.4. The highest BCUT2D eigenvalue weighted by Gasteiger charge is 2.16. The van der Waals surface area contributed by atoms with E-state index in [9.17, 15) is 4.79 Å². The fraction of sp³-hybridized carbons (Fsp3) is 0.583. The van der Waals surface area contributed by atoms with E-state index in [1.54, 1.807) is 0 Å². The molecule has 100 valence electrons. The first-order valence-electron chi connectivity index (χ1n) is 5.87. The van der Waals surface area contributed by atoms with E-state index >= 15 is 0 Å². The van der Waals surface area contributed by atoms with Gasteiger partial charge in [0, 0.05) is 18.8 Å². The van der Waals surface area contributed by atoms with Crippen molar-refractivity contribution in [3.63, 3.8) is 0 Å². The molecule has 1 aromatic rings. The maximum atomic E-state index is 10.8. The highest BCUT2D eigenvalue weighted by molar-refractivity contribution is 5.85. The minimum absolute atomic E-state index is 0.000130. The number of nitrogens with zero attached hydrogens (tertiary/aromatic N) is 3. The van der Waals surface area contributed by atoms with Crippen molar-refractivity contribution >= 4 is 11.9 Å². The van der Waals surface area contributed by atoms with Crippen LogP contribution in [0, 0.1) is 5.92 Å². The molecule has 18 heavy (non-hydrogen) atoms. The van der Waals surface area contributed by atoms with E-state index in [1.807, 2.05) is 14.1 Å². The van der Waals surface area contributed by atoms with Gasteiger partial charge in [0.25, 0.3) is 0 Å². The molecule has 1 aromatic heterocycles. The second kappa shape index (κ2) is 6.30. The molecule has 0 aromatic carbocycles. The highest BCUT2D eigenvalue weighted by Crippen LogP contribution is 2.09. The zero-order valence-electron chi connectivity index (χ0n) is 11.2. The summed E-state index contributed by atoms with van der Waals surface area (Å²) in [6, 6.07) is 1.55. The molecule has 1 unspecified atom stereocenters. The van der Waals surface area contributed by atoms with Gasteiger partial charge in [0.05, 0.1) is 0 Å². The Balaban J connectivity index is 2.80. The summed E-state index contributed by atoms with van der Waals surface area (Å²) >= 11 is 0. The number of carboxylic acids is 1. The summed E-state index contributed by atoms with van der Waals surface area (Å²) in [6.07, 6.45) is 1.45. The first-order chi connectivity index (χ1) is 8.40. The molecule has 1 heterocycles. The van der Waals surface area contributed by atoms with Crippen molar-refractivity contribution in [2.24, 2.45) is 5.92 Å². The predicted molar refractivity (Wildman–Crippen MR) is 69.8 cm³/mol. The lowest BCUT2D eigenvalue weighted by Gasteiger charge is -2.25. The summed E-state index contributed by atoms with van der Waals surface area (Å²) in [7, 11) is 3.98.